The lowest BCUT2D eigenvalue weighted by atomic mass is 10.1. The molecule has 0 spiro atoms. The largest absolute Gasteiger partial charge is 0.504 e. The summed E-state index contributed by atoms with van der Waals surface area (Å²) in [6.45, 7) is 1.59. The quantitative estimate of drug-likeness (QED) is 0.472. The highest BCUT2D eigenvalue weighted by atomic mass is 35.5. The van der Waals surface area contributed by atoms with Crippen molar-refractivity contribution in [3.05, 3.63) is 38.8 Å². The van der Waals surface area contributed by atoms with E-state index in [4.69, 9.17) is 11.6 Å². The van der Waals surface area contributed by atoms with Crippen molar-refractivity contribution in [2.75, 3.05) is 47.3 Å². The number of benzene rings is 1. The first-order chi connectivity index (χ1) is 18.0. The molecule has 11 nitrogen and oxygen atoms in total. The van der Waals surface area contributed by atoms with Crippen LogP contribution in [0, 0.1) is 0 Å². The lowest BCUT2D eigenvalue weighted by Crippen LogP contribution is -2.57. The molecule has 4 heterocycles. The third-order valence-corrected chi connectivity index (χ3v) is 10.1. The van der Waals surface area contributed by atoms with E-state index in [1.165, 1.54) is 26.6 Å². The van der Waals surface area contributed by atoms with E-state index < -0.39 is 21.8 Å². The van der Waals surface area contributed by atoms with E-state index in [1.807, 2.05) is 7.05 Å². The Bertz CT molecular complexity index is 1520. The molecule has 5 rings (SSSR count). The number of thiazole rings is 1. The van der Waals surface area contributed by atoms with Gasteiger partial charge in [-0.1, -0.05) is 11.6 Å². The SMILES string of the molecule is CN1CCc2nc(C(=O)N3CCN(S(=O)(=O)c4[nH]c5ccc(Cl)cc5c4O)CC3CC(=O)N(C)C)sc2C1. The highest BCUT2D eigenvalue weighted by molar-refractivity contribution is 7.89. The van der Waals surface area contributed by atoms with Crippen molar-refractivity contribution in [3.63, 3.8) is 0 Å². The number of sulfonamides is 1. The lowest BCUT2D eigenvalue weighted by Gasteiger charge is -2.40. The number of hydrogen-bond donors (Lipinski definition) is 2. The molecule has 1 fully saturated rings. The number of rotatable bonds is 5. The second kappa shape index (κ2) is 10.1. The molecule has 1 saturated heterocycles. The predicted octanol–water partition coefficient (Wildman–Crippen LogP) is 1.96. The Morgan fingerprint density at radius 3 is 2.76 bits per heavy atom. The Hall–Kier alpha value is -2.71. The molecule has 1 aromatic carbocycles. The molecular weight excluding hydrogens is 552 g/mol. The average molecular weight is 581 g/mol. The standard InChI is InChI=1S/C24H29ClN6O5S2/c1-28(2)20(32)11-15-12-30(38(35,36)23-21(33)16-10-14(25)4-5-17(16)27-23)8-9-31(15)24(34)22-26-18-6-7-29(3)13-19(18)37-22/h4-5,10,15,27,33H,6-9,11-13H2,1-3H3. The van der Waals surface area contributed by atoms with Crippen LogP contribution in [0.15, 0.2) is 23.2 Å². The summed E-state index contributed by atoms with van der Waals surface area (Å²) in [5.74, 6) is -0.945. The van der Waals surface area contributed by atoms with Crippen LogP contribution in [0.5, 0.6) is 5.75 Å². The zero-order valence-corrected chi connectivity index (χ0v) is 23.7. The molecule has 2 aromatic heterocycles. The van der Waals surface area contributed by atoms with Crippen LogP contribution in [-0.2, 0) is 27.8 Å². The number of nitrogens with zero attached hydrogens (tertiary/aromatic N) is 5. The first kappa shape index (κ1) is 26.9. The minimum Gasteiger partial charge on any atom is -0.504 e. The van der Waals surface area contributed by atoms with Gasteiger partial charge in [-0.3, -0.25) is 9.59 Å². The summed E-state index contributed by atoms with van der Waals surface area (Å²) in [6.07, 6.45) is 0.719. The number of likely N-dealkylation sites (N-methyl/N-ethyl adjacent to an activating group) is 1. The van der Waals surface area contributed by atoms with E-state index in [0.717, 1.165) is 30.1 Å². The zero-order chi connectivity index (χ0) is 27.4. The van der Waals surface area contributed by atoms with Gasteiger partial charge < -0.3 is 24.8 Å². The van der Waals surface area contributed by atoms with Gasteiger partial charge in [0, 0.05) is 74.9 Å². The Labute approximate surface area is 229 Å². The van der Waals surface area contributed by atoms with Crippen LogP contribution in [0.2, 0.25) is 5.02 Å². The van der Waals surface area contributed by atoms with Gasteiger partial charge in [-0.25, -0.2) is 13.4 Å². The van der Waals surface area contributed by atoms with Gasteiger partial charge in [0.1, 0.15) is 0 Å². The van der Waals surface area contributed by atoms with Crippen LogP contribution in [0.1, 0.15) is 26.8 Å². The van der Waals surface area contributed by atoms with Crippen molar-refractivity contribution in [2.24, 2.45) is 0 Å². The minimum atomic E-state index is -4.18. The molecule has 2 aliphatic rings. The fourth-order valence-electron chi connectivity index (χ4n) is 4.85. The van der Waals surface area contributed by atoms with Crippen molar-refractivity contribution in [2.45, 2.75) is 30.5 Å². The number of piperazine rings is 1. The number of hydrogen-bond acceptors (Lipinski definition) is 8. The Morgan fingerprint density at radius 2 is 2.03 bits per heavy atom. The summed E-state index contributed by atoms with van der Waals surface area (Å²) < 4.78 is 28.5. The van der Waals surface area contributed by atoms with Crippen molar-refractivity contribution in [1.82, 2.24) is 29.0 Å². The van der Waals surface area contributed by atoms with Crippen molar-refractivity contribution in [1.29, 1.82) is 0 Å². The number of nitrogens with one attached hydrogen (secondary N) is 1. The molecule has 2 aliphatic heterocycles. The smallest absolute Gasteiger partial charge is 0.283 e. The third kappa shape index (κ3) is 4.89. The number of aromatic amines is 1. The summed E-state index contributed by atoms with van der Waals surface area (Å²) >= 11 is 7.38. The predicted molar refractivity (Wildman–Crippen MR) is 144 cm³/mol. The molecule has 204 valence electrons. The van der Waals surface area contributed by atoms with E-state index in [9.17, 15) is 23.1 Å². The molecule has 2 N–H and O–H groups in total. The number of carbonyl (C=O) groups is 2. The van der Waals surface area contributed by atoms with Gasteiger partial charge in [-0.05, 0) is 25.2 Å². The Kier molecular flexibility index (Phi) is 7.16. The fraction of sp³-hybridized carbons (Fsp3) is 0.458. The number of fused-ring (bicyclic) bond motifs is 2. The molecule has 14 heteroatoms. The Balaban J connectivity index is 1.44. The summed E-state index contributed by atoms with van der Waals surface area (Å²) in [7, 11) is 1.08. The van der Waals surface area contributed by atoms with Crippen LogP contribution < -0.4 is 0 Å². The summed E-state index contributed by atoms with van der Waals surface area (Å²) in [4.78, 5) is 39.9. The number of aromatic hydroxyl groups is 1. The normalized spacial score (nSPS) is 19.1. The molecule has 0 radical (unpaired) electrons. The third-order valence-electron chi connectivity index (χ3n) is 7.02. The second-order valence-electron chi connectivity index (χ2n) is 9.88. The number of aromatic nitrogens is 2. The molecule has 38 heavy (non-hydrogen) atoms. The lowest BCUT2D eigenvalue weighted by molar-refractivity contribution is -0.130. The van der Waals surface area contributed by atoms with Gasteiger partial charge >= 0.3 is 0 Å². The zero-order valence-electron chi connectivity index (χ0n) is 21.3. The number of H-pyrrole nitrogens is 1. The van der Waals surface area contributed by atoms with Crippen LogP contribution in [0.25, 0.3) is 10.9 Å². The van der Waals surface area contributed by atoms with Crippen molar-refractivity contribution < 1.29 is 23.1 Å². The van der Waals surface area contributed by atoms with Crippen molar-refractivity contribution >= 4 is 55.7 Å². The van der Waals surface area contributed by atoms with E-state index in [1.54, 1.807) is 31.1 Å². The Morgan fingerprint density at radius 1 is 1.26 bits per heavy atom. The van der Waals surface area contributed by atoms with Crippen molar-refractivity contribution in [3.8, 4) is 5.75 Å². The second-order valence-corrected chi connectivity index (χ2v) is 13.3. The molecular formula is C24H29ClN6O5S2. The molecule has 1 atom stereocenters. The average Bonchev–Trinajstić information content (AvgIpc) is 3.44. The van der Waals surface area contributed by atoms with Gasteiger partial charge in [0.25, 0.3) is 15.9 Å². The first-order valence-electron chi connectivity index (χ1n) is 12.1. The van der Waals surface area contributed by atoms with E-state index >= 15 is 0 Å². The van der Waals surface area contributed by atoms with E-state index in [2.05, 4.69) is 14.9 Å². The highest BCUT2D eigenvalue weighted by Crippen LogP contribution is 2.36. The van der Waals surface area contributed by atoms with Gasteiger partial charge in [0.15, 0.2) is 15.8 Å². The van der Waals surface area contributed by atoms with Crippen LogP contribution in [-0.4, -0.2) is 108 Å². The maximum absolute atomic E-state index is 13.6. The summed E-state index contributed by atoms with van der Waals surface area (Å²) in [5.41, 5.74) is 1.35. The topological polar surface area (TPSA) is 130 Å². The molecule has 1 unspecified atom stereocenters. The van der Waals surface area contributed by atoms with Crippen LogP contribution in [0.4, 0.5) is 0 Å². The fourth-order valence-corrected chi connectivity index (χ4v) is 7.71. The van der Waals surface area contributed by atoms with Gasteiger partial charge in [0.05, 0.1) is 17.3 Å². The van der Waals surface area contributed by atoms with Gasteiger partial charge in [0.2, 0.25) is 5.91 Å². The van der Waals surface area contributed by atoms with E-state index in [0.29, 0.717) is 20.9 Å². The van der Waals surface area contributed by atoms with Gasteiger partial charge in [-0.2, -0.15) is 4.31 Å². The minimum absolute atomic E-state index is 0.00408. The monoisotopic (exact) mass is 580 g/mol. The van der Waals surface area contributed by atoms with Crippen LogP contribution >= 0.6 is 22.9 Å². The summed E-state index contributed by atoms with van der Waals surface area (Å²) in [6, 6.07) is 3.97. The van der Waals surface area contributed by atoms with E-state index in [-0.39, 0.29) is 42.9 Å². The highest BCUT2D eigenvalue weighted by Gasteiger charge is 2.40. The molecule has 0 aliphatic carbocycles. The maximum Gasteiger partial charge on any atom is 0.283 e. The molecule has 2 amide bonds. The van der Waals surface area contributed by atoms with Crippen LogP contribution in [0.3, 0.4) is 0 Å². The number of amides is 2. The summed E-state index contributed by atoms with van der Waals surface area (Å²) in [5, 5.41) is 11.4. The maximum atomic E-state index is 13.6. The van der Waals surface area contributed by atoms with Gasteiger partial charge in [-0.15, -0.1) is 11.3 Å². The number of carbonyl (C=O) groups excluding carboxylic acids is 2. The first-order valence-corrected chi connectivity index (χ1v) is 14.8. The molecule has 0 saturated carbocycles. The molecule has 3 aromatic rings. The molecule has 0 bridgehead atoms. The number of halogens is 1.